The number of carbonyl (C=O) groups is 1. The predicted molar refractivity (Wildman–Crippen MR) is 74.5 cm³/mol. The van der Waals surface area contributed by atoms with Crippen LogP contribution in [0.15, 0.2) is 42.6 Å². The fourth-order valence-corrected chi connectivity index (χ4v) is 2.34. The molecule has 0 saturated carbocycles. The fourth-order valence-electron chi connectivity index (χ4n) is 2.34. The van der Waals surface area contributed by atoms with Crippen LogP contribution in [0.2, 0.25) is 0 Å². The van der Waals surface area contributed by atoms with E-state index in [4.69, 9.17) is 5.11 Å². The molecule has 0 amide bonds. The summed E-state index contributed by atoms with van der Waals surface area (Å²) >= 11 is 0. The van der Waals surface area contributed by atoms with Crippen molar-refractivity contribution in [2.45, 2.75) is 13.3 Å². The molecule has 5 heteroatoms. The number of rotatable bonds is 3. The SMILES string of the molecule is Cc1cccc2nc(-c3ccccn3)c(CC(=O)O)n12. The molecule has 0 spiro atoms. The van der Waals surface area contributed by atoms with Gasteiger partial charge in [0.15, 0.2) is 0 Å². The van der Waals surface area contributed by atoms with Gasteiger partial charge < -0.3 is 9.51 Å². The van der Waals surface area contributed by atoms with Gasteiger partial charge in [0.2, 0.25) is 0 Å². The van der Waals surface area contributed by atoms with Crippen molar-refractivity contribution in [2.24, 2.45) is 0 Å². The summed E-state index contributed by atoms with van der Waals surface area (Å²) < 4.78 is 1.87. The summed E-state index contributed by atoms with van der Waals surface area (Å²) in [7, 11) is 0. The molecule has 3 aromatic heterocycles. The average molecular weight is 267 g/mol. The lowest BCUT2D eigenvalue weighted by Gasteiger charge is -2.04. The summed E-state index contributed by atoms with van der Waals surface area (Å²) in [5.41, 5.74) is 3.66. The lowest BCUT2D eigenvalue weighted by atomic mass is 10.2. The third-order valence-corrected chi connectivity index (χ3v) is 3.16. The minimum Gasteiger partial charge on any atom is -0.481 e. The van der Waals surface area contributed by atoms with Crippen LogP contribution in [0.4, 0.5) is 0 Å². The molecule has 0 saturated heterocycles. The van der Waals surface area contributed by atoms with Crippen LogP contribution >= 0.6 is 0 Å². The van der Waals surface area contributed by atoms with Crippen LogP contribution < -0.4 is 0 Å². The van der Waals surface area contributed by atoms with E-state index >= 15 is 0 Å². The van der Waals surface area contributed by atoms with Gasteiger partial charge in [0.1, 0.15) is 11.3 Å². The van der Waals surface area contributed by atoms with Gasteiger partial charge in [-0.3, -0.25) is 9.78 Å². The monoisotopic (exact) mass is 267 g/mol. The van der Waals surface area contributed by atoms with E-state index in [1.54, 1.807) is 6.20 Å². The molecule has 0 aromatic carbocycles. The van der Waals surface area contributed by atoms with Gasteiger partial charge >= 0.3 is 5.97 Å². The second kappa shape index (κ2) is 4.77. The zero-order chi connectivity index (χ0) is 14.1. The minimum atomic E-state index is -0.882. The maximum atomic E-state index is 11.1. The Bertz CT molecular complexity index is 778. The largest absolute Gasteiger partial charge is 0.481 e. The Morgan fingerprint density at radius 3 is 2.80 bits per heavy atom. The van der Waals surface area contributed by atoms with Crippen molar-refractivity contribution < 1.29 is 9.90 Å². The summed E-state index contributed by atoms with van der Waals surface area (Å²) in [5, 5.41) is 9.15. The molecular formula is C15H13N3O2. The third kappa shape index (κ3) is 2.03. The lowest BCUT2D eigenvalue weighted by molar-refractivity contribution is -0.136. The number of imidazole rings is 1. The average Bonchev–Trinajstić information content (AvgIpc) is 2.79. The van der Waals surface area contributed by atoms with E-state index in [9.17, 15) is 4.79 Å². The topological polar surface area (TPSA) is 67.5 Å². The van der Waals surface area contributed by atoms with Gasteiger partial charge in [0.25, 0.3) is 0 Å². The van der Waals surface area contributed by atoms with Crippen LogP contribution in [-0.2, 0) is 11.2 Å². The molecule has 0 bridgehead atoms. The Kier molecular flexibility index (Phi) is 2.95. The third-order valence-electron chi connectivity index (χ3n) is 3.16. The molecular weight excluding hydrogens is 254 g/mol. The van der Waals surface area contributed by atoms with Crippen molar-refractivity contribution >= 4 is 11.6 Å². The molecule has 1 N–H and O–H groups in total. The molecule has 0 fully saturated rings. The lowest BCUT2D eigenvalue weighted by Crippen LogP contribution is -2.06. The van der Waals surface area contributed by atoms with Gasteiger partial charge in [0.05, 0.1) is 17.8 Å². The summed E-state index contributed by atoms with van der Waals surface area (Å²) in [6, 6.07) is 11.2. The fraction of sp³-hybridized carbons (Fsp3) is 0.133. The van der Waals surface area contributed by atoms with Gasteiger partial charge in [-0.2, -0.15) is 0 Å². The summed E-state index contributed by atoms with van der Waals surface area (Å²) in [6.07, 6.45) is 1.59. The molecule has 0 atom stereocenters. The Balaban J connectivity index is 2.31. The number of aromatic nitrogens is 3. The van der Waals surface area contributed by atoms with Crippen molar-refractivity contribution in [2.75, 3.05) is 0 Å². The Morgan fingerprint density at radius 1 is 1.25 bits per heavy atom. The van der Waals surface area contributed by atoms with Crippen molar-refractivity contribution in [3.8, 4) is 11.4 Å². The molecule has 100 valence electrons. The van der Waals surface area contributed by atoms with E-state index < -0.39 is 5.97 Å². The van der Waals surface area contributed by atoms with Gasteiger partial charge in [0, 0.05) is 11.9 Å². The molecule has 0 aliphatic heterocycles. The zero-order valence-corrected chi connectivity index (χ0v) is 10.9. The Morgan fingerprint density at radius 2 is 2.10 bits per heavy atom. The maximum Gasteiger partial charge on any atom is 0.309 e. The van der Waals surface area contributed by atoms with E-state index in [0.717, 1.165) is 11.3 Å². The van der Waals surface area contributed by atoms with Crippen LogP contribution in [0, 0.1) is 6.92 Å². The molecule has 20 heavy (non-hydrogen) atoms. The standard InChI is InChI=1S/C15H13N3O2/c1-10-5-4-7-13-17-15(11-6-2-3-8-16-11)12(18(10)13)9-14(19)20/h2-8H,9H2,1H3,(H,19,20). The normalized spacial score (nSPS) is 10.8. The van der Waals surface area contributed by atoms with E-state index in [-0.39, 0.29) is 6.42 Å². The van der Waals surface area contributed by atoms with Gasteiger partial charge in [-0.1, -0.05) is 12.1 Å². The van der Waals surface area contributed by atoms with Crippen LogP contribution in [0.1, 0.15) is 11.4 Å². The number of aliphatic carboxylic acids is 1. The number of nitrogens with zero attached hydrogens (tertiary/aromatic N) is 3. The smallest absolute Gasteiger partial charge is 0.309 e. The van der Waals surface area contributed by atoms with Crippen LogP contribution in [0.5, 0.6) is 0 Å². The van der Waals surface area contributed by atoms with Gasteiger partial charge in [-0.25, -0.2) is 4.98 Å². The number of hydrogen-bond donors (Lipinski definition) is 1. The van der Waals surface area contributed by atoms with Gasteiger partial charge in [-0.15, -0.1) is 0 Å². The van der Waals surface area contributed by atoms with Crippen molar-refractivity contribution in [3.63, 3.8) is 0 Å². The first kappa shape index (κ1) is 12.3. The first-order valence-corrected chi connectivity index (χ1v) is 6.27. The Hall–Kier alpha value is -2.69. The molecule has 0 aliphatic rings. The highest BCUT2D eigenvalue weighted by molar-refractivity contribution is 5.75. The number of pyridine rings is 2. The summed E-state index contributed by atoms with van der Waals surface area (Å²) in [6.45, 7) is 1.93. The molecule has 3 rings (SSSR count). The molecule has 0 unspecified atom stereocenters. The second-order valence-corrected chi connectivity index (χ2v) is 4.55. The number of carboxylic acid groups (broad SMARTS) is 1. The molecule has 5 nitrogen and oxygen atoms in total. The summed E-state index contributed by atoms with van der Waals surface area (Å²) in [5.74, 6) is -0.882. The predicted octanol–water partition coefficient (Wildman–Crippen LogP) is 2.33. The van der Waals surface area contributed by atoms with Crippen molar-refractivity contribution in [1.29, 1.82) is 0 Å². The van der Waals surface area contributed by atoms with E-state index in [0.29, 0.717) is 17.1 Å². The van der Waals surface area contributed by atoms with E-state index in [2.05, 4.69) is 9.97 Å². The quantitative estimate of drug-likeness (QED) is 0.790. The van der Waals surface area contributed by atoms with E-state index in [1.807, 2.05) is 47.7 Å². The zero-order valence-electron chi connectivity index (χ0n) is 10.9. The highest BCUT2D eigenvalue weighted by Crippen LogP contribution is 2.24. The number of aryl methyl sites for hydroxylation is 1. The van der Waals surface area contributed by atoms with Crippen molar-refractivity contribution in [3.05, 3.63) is 54.0 Å². The minimum absolute atomic E-state index is 0.0854. The molecule has 0 radical (unpaired) electrons. The first-order chi connectivity index (χ1) is 9.66. The molecule has 3 aromatic rings. The summed E-state index contributed by atoms with van der Waals surface area (Å²) in [4.78, 5) is 20.0. The second-order valence-electron chi connectivity index (χ2n) is 4.55. The maximum absolute atomic E-state index is 11.1. The van der Waals surface area contributed by atoms with Crippen molar-refractivity contribution in [1.82, 2.24) is 14.4 Å². The van der Waals surface area contributed by atoms with Crippen LogP contribution in [0.3, 0.4) is 0 Å². The number of fused-ring (bicyclic) bond motifs is 1. The van der Waals surface area contributed by atoms with E-state index in [1.165, 1.54) is 0 Å². The molecule has 0 aliphatic carbocycles. The number of carboxylic acids is 1. The highest BCUT2D eigenvalue weighted by atomic mass is 16.4. The van der Waals surface area contributed by atoms with Crippen LogP contribution in [0.25, 0.3) is 17.0 Å². The van der Waals surface area contributed by atoms with Gasteiger partial charge in [-0.05, 0) is 31.2 Å². The highest BCUT2D eigenvalue weighted by Gasteiger charge is 2.18. The Labute approximate surface area is 115 Å². The number of hydrogen-bond acceptors (Lipinski definition) is 3. The molecule has 3 heterocycles. The van der Waals surface area contributed by atoms with Crippen LogP contribution in [-0.4, -0.2) is 25.4 Å². The first-order valence-electron chi connectivity index (χ1n) is 6.27.